The summed E-state index contributed by atoms with van der Waals surface area (Å²) in [6, 6.07) is 5.29. The third kappa shape index (κ3) is 3.23. The first-order chi connectivity index (χ1) is 12.7. The summed E-state index contributed by atoms with van der Waals surface area (Å²) in [4.78, 5) is 12.6. The Morgan fingerprint density at radius 1 is 1.44 bits per heavy atom. The van der Waals surface area contributed by atoms with Gasteiger partial charge in [0.05, 0.1) is 22.8 Å². The minimum Gasteiger partial charge on any atom is -0.464 e. The van der Waals surface area contributed by atoms with E-state index >= 15 is 0 Å². The summed E-state index contributed by atoms with van der Waals surface area (Å²) in [5.74, 6) is -1.08. The molecule has 2 aliphatic rings. The van der Waals surface area contributed by atoms with Crippen LogP contribution in [0.1, 0.15) is 38.9 Å². The zero-order valence-corrected chi connectivity index (χ0v) is 17.2. The smallest absolute Gasteiger partial charge is 0.338 e. The van der Waals surface area contributed by atoms with E-state index in [0.717, 1.165) is 5.57 Å². The molecule has 5 atom stereocenters. The van der Waals surface area contributed by atoms with Gasteiger partial charge in [0.25, 0.3) is 0 Å². The fourth-order valence-electron chi connectivity index (χ4n) is 4.31. The van der Waals surface area contributed by atoms with Gasteiger partial charge in [0.2, 0.25) is 0 Å². The number of halogens is 2. The molecular formula is C21H24Cl2O4. The van der Waals surface area contributed by atoms with E-state index in [1.54, 1.807) is 19.1 Å². The Labute approximate surface area is 169 Å². The summed E-state index contributed by atoms with van der Waals surface area (Å²) < 4.78 is 11.3. The predicted octanol–water partition coefficient (Wildman–Crippen LogP) is 4.89. The highest BCUT2D eigenvalue weighted by molar-refractivity contribution is 6.42. The Kier molecular flexibility index (Phi) is 5.74. The number of esters is 1. The lowest BCUT2D eigenvalue weighted by atomic mass is 9.63. The molecule has 146 valence electrons. The molecule has 1 aliphatic heterocycles. The molecule has 1 saturated heterocycles. The summed E-state index contributed by atoms with van der Waals surface area (Å²) in [7, 11) is 0. The van der Waals surface area contributed by atoms with Gasteiger partial charge >= 0.3 is 5.97 Å². The molecule has 3 rings (SSSR count). The molecule has 1 N–H and O–H groups in total. The van der Waals surface area contributed by atoms with Gasteiger partial charge in [-0.3, -0.25) is 0 Å². The van der Waals surface area contributed by atoms with Gasteiger partial charge in [0, 0.05) is 11.5 Å². The molecule has 6 heteroatoms. The van der Waals surface area contributed by atoms with E-state index in [2.05, 4.69) is 6.58 Å². The van der Waals surface area contributed by atoms with Crippen molar-refractivity contribution in [2.75, 3.05) is 6.61 Å². The number of ether oxygens (including phenoxy) is 2. The highest BCUT2D eigenvalue weighted by atomic mass is 35.5. The molecule has 1 fully saturated rings. The lowest BCUT2D eigenvalue weighted by Crippen LogP contribution is -2.53. The Hall–Kier alpha value is -1.33. The molecule has 1 aliphatic carbocycles. The van der Waals surface area contributed by atoms with E-state index < -0.39 is 29.7 Å². The first-order valence-corrected chi connectivity index (χ1v) is 9.80. The SMILES string of the molecule is C=C(C)[C@H]1CC=C(C)[C@@]2(O)[C@@H]1[C@H](c1cccc(Cl)c1Cl)O[C@@H]2C(=O)OCC. The molecule has 0 unspecified atom stereocenters. The quantitative estimate of drug-likeness (QED) is 0.567. The number of hydrogen-bond acceptors (Lipinski definition) is 4. The van der Waals surface area contributed by atoms with E-state index in [1.165, 1.54) is 0 Å². The van der Waals surface area contributed by atoms with Gasteiger partial charge in [-0.1, -0.05) is 53.6 Å². The molecule has 4 nitrogen and oxygen atoms in total. The Morgan fingerprint density at radius 2 is 2.15 bits per heavy atom. The Morgan fingerprint density at radius 3 is 2.78 bits per heavy atom. The number of rotatable bonds is 4. The van der Waals surface area contributed by atoms with Crippen LogP contribution in [0.15, 0.2) is 42.0 Å². The number of aliphatic hydroxyl groups is 1. The lowest BCUT2D eigenvalue weighted by Gasteiger charge is -2.42. The van der Waals surface area contributed by atoms with Crippen molar-refractivity contribution < 1.29 is 19.4 Å². The first-order valence-electron chi connectivity index (χ1n) is 9.04. The van der Waals surface area contributed by atoms with Crippen LogP contribution in [0.2, 0.25) is 10.0 Å². The van der Waals surface area contributed by atoms with Crippen molar-refractivity contribution in [3.63, 3.8) is 0 Å². The highest BCUT2D eigenvalue weighted by Gasteiger charge is 2.63. The maximum Gasteiger partial charge on any atom is 0.338 e. The molecule has 1 heterocycles. The van der Waals surface area contributed by atoms with E-state index in [0.29, 0.717) is 27.6 Å². The number of allylic oxidation sites excluding steroid dienone is 2. The summed E-state index contributed by atoms with van der Waals surface area (Å²) in [5.41, 5.74) is 0.771. The van der Waals surface area contributed by atoms with Crippen molar-refractivity contribution in [1.29, 1.82) is 0 Å². The van der Waals surface area contributed by atoms with E-state index in [9.17, 15) is 9.90 Å². The average Bonchev–Trinajstić information content (AvgIpc) is 2.93. The predicted molar refractivity (Wildman–Crippen MR) is 106 cm³/mol. The highest BCUT2D eigenvalue weighted by Crippen LogP contribution is 2.57. The second kappa shape index (κ2) is 7.59. The van der Waals surface area contributed by atoms with Crippen molar-refractivity contribution >= 4 is 29.2 Å². The average molecular weight is 411 g/mol. The maximum absolute atomic E-state index is 12.6. The molecule has 0 radical (unpaired) electrons. The van der Waals surface area contributed by atoms with Gasteiger partial charge in [-0.15, -0.1) is 0 Å². The zero-order valence-electron chi connectivity index (χ0n) is 15.7. The van der Waals surface area contributed by atoms with Gasteiger partial charge in [-0.05, 0) is 44.7 Å². The Bertz CT molecular complexity index is 803. The van der Waals surface area contributed by atoms with Gasteiger partial charge in [-0.2, -0.15) is 0 Å². The van der Waals surface area contributed by atoms with Crippen LogP contribution < -0.4 is 0 Å². The van der Waals surface area contributed by atoms with Crippen molar-refractivity contribution in [2.24, 2.45) is 11.8 Å². The first kappa shape index (κ1) is 20.4. The van der Waals surface area contributed by atoms with Crippen LogP contribution in [0.25, 0.3) is 0 Å². The number of carbonyl (C=O) groups excluding carboxylic acids is 1. The third-order valence-electron chi connectivity index (χ3n) is 5.68. The molecule has 0 aromatic heterocycles. The standard InChI is InChI=1S/C21H24Cl2O4/c1-5-26-20(24)19-21(25)12(4)9-10-13(11(2)3)16(21)18(27-19)14-7-6-8-15(22)17(14)23/h6-9,13,16,18-19,25H,2,5,10H2,1,3-4H3/t13-,16+,18+,19-,21-/m1/s1. The molecular weight excluding hydrogens is 387 g/mol. The second-order valence-electron chi connectivity index (χ2n) is 7.26. The summed E-state index contributed by atoms with van der Waals surface area (Å²) in [6.45, 7) is 9.77. The van der Waals surface area contributed by atoms with Crippen LogP contribution in [0.3, 0.4) is 0 Å². The molecule has 0 bridgehead atoms. The second-order valence-corrected chi connectivity index (χ2v) is 8.04. The van der Waals surface area contributed by atoms with Gasteiger partial charge < -0.3 is 14.6 Å². The van der Waals surface area contributed by atoms with Crippen molar-refractivity contribution in [3.05, 3.63) is 57.6 Å². The number of benzene rings is 1. The van der Waals surface area contributed by atoms with Crippen molar-refractivity contribution in [1.82, 2.24) is 0 Å². The minimum atomic E-state index is -1.50. The molecule has 0 saturated carbocycles. The van der Waals surface area contributed by atoms with Crippen LogP contribution in [0, 0.1) is 11.8 Å². The minimum absolute atomic E-state index is 0.0711. The van der Waals surface area contributed by atoms with Crippen LogP contribution >= 0.6 is 23.2 Å². The molecule has 0 amide bonds. The largest absolute Gasteiger partial charge is 0.464 e. The summed E-state index contributed by atoms with van der Waals surface area (Å²) in [5, 5.41) is 12.5. The van der Waals surface area contributed by atoms with Gasteiger partial charge in [-0.25, -0.2) is 4.79 Å². The van der Waals surface area contributed by atoms with Gasteiger partial charge in [0.15, 0.2) is 6.10 Å². The van der Waals surface area contributed by atoms with E-state index in [1.807, 2.05) is 26.0 Å². The third-order valence-corrected chi connectivity index (χ3v) is 6.52. The van der Waals surface area contributed by atoms with Crippen LogP contribution in [0.5, 0.6) is 0 Å². The lowest BCUT2D eigenvalue weighted by molar-refractivity contribution is -0.164. The Balaban J connectivity index is 2.17. The zero-order chi connectivity index (χ0) is 19.9. The number of hydrogen-bond donors (Lipinski definition) is 1. The normalized spacial score (nSPS) is 32.6. The molecule has 1 aromatic carbocycles. The maximum atomic E-state index is 12.6. The van der Waals surface area contributed by atoms with Crippen LogP contribution in [-0.4, -0.2) is 29.4 Å². The molecule has 1 aromatic rings. The summed E-state index contributed by atoms with van der Waals surface area (Å²) in [6.07, 6.45) is 0.914. The molecule has 27 heavy (non-hydrogen) atoms. The number of fused-ring (bicyclic) bond motifs is 1. The number of carbonyl (C=O) groups is 1. The van der Waals surface area contributed by atoms with E-state index in [4.69, 9.17) is 32.7 Å². The fourth-order valence-corrected chi connectivity index (χ4v) is 4.73. The van der Waals surface area contributed by atoms with E-state index in [-0.39, 0.29) is 12.5 Å². The monoisotopic (exact) mass is 410 g/mol. The fraction of sp³-hybridized carbons (Fsp3) is 0.476. The van der Waals surface area contributed by atoms with Crippen molar-refractivity contribution in [2.45, 2.75) is 45.0 Å². The van der Waals surface area contributed by atoms with Crippen LogP contribution in [-0.2, 0) is 14.3 Å². The topological polar surface area (TPSA) is 55.8 Å². The van der Waals surface area contributed by atoms with Crippen molar-refractivity contribution in [3.8, 4) is 0 Å². The van der Waals surface area contributed by atoms with Crippen LogP contribution in [0.4, 0.5) is 0 Å². The molecule has 0 spiro atoms. The summed E-state index contributed by atoms with van der Waals surface area (Å²) >= 11 is 12.7. The van der Waals surface area contributed by atoms with Gasteiger partial charge in [0.1, 0.15) is 5.60 Å².